The minimum Gasteiger partial charge on any atom is -0.491 e. The van der Waals surface area contributed by atoms with Crippen molar-refractivity contribution in [3.8, 4) is 11.5 Å². The van der Waals surface area contributed by atoms with Crippen molar-refractivity contribution in [3.05, 3.63) is 58.1 Å². The van der Waals surface area contributed by atoms with Crippen molar-refractivity contribution in [1.82, 2.24) is 4.90 Å². The number of carbonyl (C=O) groups excluding carboxylic acids is 1. The molecule has 2 unspecified atom stereocenters. The first-order valence-corrected chi connectivity index (χ1v) is 11.1. The first-order chi connectivity index (χ1) is 15.3. The van der Waals surface area contributed by atoms with Crippen LogP contribution in [0.5, 0.6) is 11.5 Å². The number of ether oxygens (including phenoxy) is 2. The number of ketones is 1. The van der Waals surface area contributed by atoms with Gasteiger partial charge in [-0.1, -0.05) is 23.2 Å². The number of hydrogen-bond donors (Lipinski definition) is 1. The summed E-state index contributed by atoms with van der Waals surface area (Å²) in [5, 5.41) is 10.2. The average Bonchev–Trinajstić information content (AvgIpc) is 3.21. The molecular weight excluding hydrogens is 463 g/mol. The first kappa shape index (κ1) is 24.7. The molecule has 1 N–H and O–H groups in total. The van der Waals surface area contributed by atoms with E-state index < -0.39 is 17.7 Å². The van der Waals surface area contributed by atoms with Gasteiger partial charge < -0.3 is 19.5 Å². The highest BCUT2D eigenvalue weighted by Crippen LogP contribution is 2.23. The van der Waals surface area contributed by atoms with Gasteiger partial charge in [0.2, 0.25) is 0 Å². The predicted molar refractivity (Wildman–Crippen MR) is 119 cm³/mol. The standard InChI is InChI=1S/C23H25Cl2F2NO4/c24-20-5-3-18(9-22(20)26)31-13-16(29)2-1-15-7-8-28(11-15)12-17(30)14-32-19-4-6-21(25)23(27)10-19/h3-6,9-10,15,17,30H,1-2,7-8,11-14H2. The molecule has 32 heavy (non-hydrogen) atoms. The van der Waals surface area contributed by atoms with E-state index in [2.05, 4.69) is 4.90 Å². The van der Waals surface area contributed by atoms with Crippen LogP contribution in [0.15, 0.2) is 36.4 Å². The van der Waals surface area contributed by atoms with Crippen LogP contribution < -0.4 is 9.47 Å². The minimum absolute atomic E-state index is 0.00465. The highest BCUT2D eigenvalue weighted by atomic mass is 35.5. The topological polar surface area (TPSA) is 59.0 Å². The zero-order chi connectivity index (χ0) is 23.1. The van der Waals surface area contributed by atoms with E-state index in [1.807, 2.05) is 0 Å². The van der Waals surface area contributed by atoms with E-state index >= 15 is 0 Å². The van der Waals surface area contributed by atoms with Crippen molar-refractivity contribution in [2.24, 2.45) is 5.92 Å². The molecule has 1 aliphatic rings. The molecule has 1 aliphatic heterocycles. The summed E-state index contributed by atoms with van der Waals surface area (Å²) in [7, 11) is 0. The third-order valence-electron chi connectivity index (χ3n) is 5.29. The monoisotopic (exact) mass is 487 g/mol. The molecule has 2 aromatic carbocycles. The second-order valence-corrected chi connectivity index (χ2v) is 8.71. The first-order valence-electron chi connectivity index (χ1n) is 10.4. The van der Waals surface area contributed by atoms with Crippen LogP contribution in [-0.2, 0) is 4.79 Å². The zero-order valence-electron chi connectivity index (χ0n) is 17.4. The highest BCUT2D eigenvalue weighted by Gasteiger charge is 2.25. The second-order valence-electron chi connectivity index (χ2n) is 7.90. The summed E-state index contributed by atoms with van der Waals surface area (Å²) < 4.78 is 37.6. The van der Waals surface area contributed by atoms with Gasteiger partial charge in [0.15, 0.2) is 5.78 Å². The molecular formula is C23H25Cl2F2NO4. The summed E-state index contributed by atoms with van der Waals surface area (Å²) >= 11 is 11.3. The largest absolute Gasteiger partial charge is 0.491 e. The average molecular weight is 488 g/mol. The Labute approximate surface area is 195 Å². The van der Waals surface area contributed by atoms with Crippen molar-refractivity contribution in [2.75, 3.05) is 32.8 Å². The van der Waals surface area contributed by atoms with E-state index in [4.69, 9.17) is 32.7 Å². The molecule has 1 fully saturated rings. The Morgan fingerprint density at radius 2 is 1.72 bits per heavy atom. The van der Waals surface area contributed by atoms with Gasteiger partial charge >= 0.3 is 0 Å². The Morgan fingerprint density at radius 1 is 1.09 bits per heavy atom. The van der Waals surface area contributed by atoms with E-state index in [0.29, 0.717) is 24.6 Å². The fraction of sp³-hybridized carbons (Fsp3) is 0.435. The third kappa shape index (κ3) is 7.59. The number of aliphatic hydroxyl groups excluding tert-OH is 1. The van der Waals surface area contributed by atoms with Crippen molar-refractivity contribution in [1.29, 1.82) is 0 Å². The van der Waals surface area contributed by atoms with Crippen molar-refractivity contribution < 1.29 is 28.2 Å². The maximum atomic E-state index is 13.4. The zero-order valence-corrected chi connectivity index (χ0v) is 18.9. The third-order valence-corrected chi connectivity index (χ3v) is 5.91. The van der Waals surface area contributed by atoms with Crippen LogP contribution in [0.1, 0.15) is 19.3 Å². The number of halogens is 4. The molecule has 5 nitrogen and oxygen atoms in total. The lowest BCUT2D eigenvalue weighted by atomic mass is 10.0. The van der Waals surface area contributed by atoms with E-state index in [9.17, 15) is 18.7 Å². The van der Waals surface area contributed by atoms with Gasteiger partial charge in [0.25, 0.3) is 0 Å². The van der Waals surface area contributed by atoms with Crippen LogP contribution in [0.25, 0.3) is 0 Å². The summed E-state index contributed by atoms with van der Waals surface area (Å²) in [6, 6.07) is 8.20. The molecule has 0 spiro atoms. The molecule has 0 saturated carbocycles. The lowest BCUT2D eigenvalue weighted by molar-refractivity contribution is -0.121. The van der Waals surface area contributed by atoms with Crippen LogP contribution in [0.3, 0.4) is 0 Å². The Balaban J connectivity index is 1.32. The number of likely N-dealkylation sites (tertiary alicyclic amines) is 1. The summed E-state index contributed by atoms with van der Waals surface area (Å²) in [5.74, 6) is -0.276. The molecule has 0 amide bonds. The number of β-amino-alcohol motifs (C(OH)–C–C–N with tert-alkyl or cyclic N) is 1. The van der Waals surface area contributed by atoms with Crippen molar-refractivity contribution in [3.63, 3.8) is 0 Å². The molecule has 3 rings (SSSR count). The van der Waals surface area contributed by atoms with Gasteiger partial charge in [0.1, 0.15) is 42.5 Å². The summed E-state index contributed by atoms with van der Waals surface area (Å²) in [4.78, 5) is 14.2. The Bertz CT molecular complexity index is 931. The van der Waals surface area contributed by atoms with Crippen LogP contribution in [0.4, 0.5) is 8.78 Å². The van der Waals surface area contributed by atoms with E-state index in [-0.39, 0.29) is 34.8 Å². The van der Waals surface area contributed by atoms with Crippen LogP contribution in [0, 0.1) is 17.6 Å². The van der Waals surface area contributed by atoms with Gasteiger partial charge in [-0.2, -0.15) is 0 Å². The number of rotatable bonds is 11. The molecule has 174 valence electrons. The summed E-state index contributed by atoms with van der Waals surface area (Å²) in [6.07, 6.45) is 1.32. The quantitative estimate of drug-likeness (QED) is 0.495. The maximum Gasteiger partial charge on any atom is 0.170 e. The van der Waals surface area contributed by atoms with Gasteiger partial charge in [-0.05, 0) is 49.6 Å². The van der Waals surface area contributed by atoms with E-state index in [1.54, 1.807) is 6.07 Å². The summed E-state index contributed by atoms with van der Waals surface area (Å²) in [6.45, 7) is 1.98. The minimum atomic E-state index is -0.720. The number of benzene rings is 2. The SMILES string of the molecule is O=C(CCC1CCN(CC(O)COc2ccc(Cl)c(F)c2)C1)COc1ccc(Cl)c(F)c1. The number of carbonyl (C=O) groups is 1. The van der Waals surface area contributed by atoms with E-state index in [1.165, 1.54) is 24.3 Å². The number of nitrogens with zero attached hydrogens (tertiary/aromatic N) is 1. The van der Waals surface area contributed by atoms with E-state index in [0.717, 1.165) is 32.0 Å². The van der Waals surface area contributed by atoms with Crippen LogP contribution in [0.2, 0.25) is 10.0 Å². The number of hydrogen-bond acceptors (Lipinski definition) is 5. The molecule has 0 aromatic heterocycles. The lowest BCUT2D eigenvalue weighted by Crippen LogP contribution is -2.34. The fourth-order valence-electron chi connectivity index (χ4n) is 3.59. The van der Waals surface area contributed by atoms with Crippen molar-refractivity contribution >= 4 is 29.0 Å². The smallest absolute Gasteiger partial charge is 0.170 e. The molecule has 1 heterocycles. The molecule has 2 aromatic rings. The Kier molecular flexibility index (Phi) is 9.11. The van der Waals surface area contributed by atoms with Crippen LogP contribution in [-0.4, -0.2) is 54.7 Å². The second kappa shape index (κ2) is 11.8. The fourth-order valence-corrected chi connectivity index (χ4v) is 3.83. The van der Waals surface area contributed by atoms with Gasteiger partial charge in [-0.3, -0.25) is 4.79 Å². The normalized spacial score (nSPS) is 17.3. The van der Waals surface area contributed by atoms with Crippen LogP contribution >= 0.6 is 23.2 Å². The Morgan fingerprint density at radius 3 is 2.34 bits per heavy atom. The van der Waals surface area contributed by atoms with Gasteiger partial charge in [-0.25, -0.2) is 8.78 Å². The molecule has 9 heteroatoms. The van der Waals surface area contributed by atoms with Gasteiger partial charge in [0.05, 0.1) is 10.0 Å². The number of Topliss-reactive ketones (excluding diaryl/α,β-unsaturated/α-hetero) is 1. The Hall–Kier alpha value is -1.93. The highest BCUT2D eigenvalue weighted by molar-refractivity contribution is 6.31. The molecule has 1 saturated heterocycles. The molecule has 0 aliphatic carbocycles. The molecule has 2 atom stereocenters. The maximum absolute atomic E-state index is 13.4. The summed E-state index contributed by atoms with van der Waals surface area (Å²) in [5.41, 5.74) is 0. The molecule has 0 bridgehead atoms. The lowest BCUT2D eigenvalue weighted by Gasteiger charge is -2.20. The number of aliphatic hydroxyl groups is 1. The van der Waals surface area contributed by atoms with Crippen molar-refractivity contribution in [2.45, 2.75) is 25.4 Å². The molecule has 0 radical (unpaired) electrons. The van der Waals surface area contributed by atoms with Gasteiger partial charge in [0, 0.05) is 31.6 Å². The predicted octanol–water partition coefficient (Wildman–Crippen LogP) is 4.76. The van der Waals surface area contributed by atoms with Gasteiger partial charge in [-0.15, -0.1) is 0 Å².